The highest BCUT2D eigenvalue weighted by molar-refractivity contribution is 7.91. The first-order chi connectivity index (χ1) is 12.3. The second-order valence-corrected chi connectivity index (χ2v) is 9.61. The number of sulfone groups is 1. The number of pyridine rings is 1. The molecule has 3 heterocycles. The fraction of sp³-hybridized carbons (Fsp3) is 0.667. The predicted molar refractivity (Wildman–Crippen MR) is 101 cm³/mol. The fourth-order valence-electron chi connectivity index (χ4n) is 3.77. The number of piperazine rings is 1. The first kappa shape index (κ1) is 19.3. The van der Waals surface area contributed by atoms with Gasteiger partial charge < -0.3 is 4.90 Å². The van der Waals surface area contributed by atoms with Gasteiger partial charge >= 0.3 is 0 Å². The van der Waals surface area contributed by atoms with Crippen LogP contribution in [-0.2, 0) is 27.6 Å². The Hall–Kier alpha value is -1.51. The van der Waals surface area contributed by atoms with E-state index < -0.39 is 9.84 Å². The van der Waals surface area contributed by atoms with E-state index in [2.05, 4.69) is 22.9 Å². The summed E-state index contributed by atoms with van der Waals surface area (Å²) in [6.07, 6.45) is 2.85. The van der Waals surface area contributed by atoms with Gasteiger partial charge in [-0.05, 0) is 18.1 Å². The molecule has 1 aromatic rings. The van der Waals surface area contributed by atoms with Gasteiger partial charge in [0.15, 0.2) is 9.84 Å². The molecule has 0 aromatic carbocycles. The summed E-state index contributed by atoms with van der Waals surface area (Å²) in [5.74, 6) is 0.312. The molecule has 0 spiro atoms. The third-order valence-electron chi connectivity index (χ3n) is 5.40. The quantitative estimate of drug-likeness (QED) is 0.717. The zero-order valence-electron chi connectivity index (χ0n) is 15.8. The first-order valence-electron chi connectivity index (χ1n) is 9.11. The van der Waals surface area contributed by atoms with Gasteiger partial charge in [0.1, 0.15) is 0 Å². The molecule has 2 saturated heterocycles. The zero-order valence-corrected chi connectivity index (χ0v) is 16.6. The summed E-state index contributed by atoms with van der Waals surface area (Å²) in [7, 11) is 0.376. The summed E-state index contributed by atoms with van der Waals surface area (Å²) >= 11 is 0. The Bertz CT molecular complexity index is 748. The zero-order chi connectivity index (χ0) is 18.9. The van der Waals surface area contributed by atoms with Crippen molar-refractivity contribution in [2.24, 2.45) is 0 Å². The minimum atomic E-state index is -3.08. The molecule has 144 valence electrons. The molecule has 2 fully saturated rings. The molecule has 2 aliphatic rings. The Balaban J connectivity index is 1.74. The van der Waals surface area contributed by atoms with Gasteiger partial charge in [0.2, 0.25) is 5.91 Å². The third-order valence-corrected chi connectivity index (χ3v) is 7.10. The molecule has 0 aliphatic carbocycles. The maximum atomic E-state index is 12.3. The number of likely N-dealkylation sites (N-methyl/N-ethyl adjacent to an activating group) is 1. The highest BCUT2D eigenvalue weighted by Crippen LogP contribution is 2.28. The van der Waals surface area contributed by atoms with Crippen LogP contribution in [0.25, 0.3) is 0 Å². The molecule has 3 rings (SSSR count). The lowest BCUT2D eigenvalue weighted by Gasteiger charge is -2.43. The maximum absolute atomic E-state index is 12.3. The van der Waals surface area contributed by atoms with Gasteiger partial charge in [0.25, 0.3) is 0 Å². The Kier molecular flexibility index (Phi) is 5.64. The molecular weight excluding hydrogens is 352 g/mol. The van der Waals surface area contributed by atoms with E-state index in [9.17, 15) is 13.2 Å². The molecule has 1 aromatic heterocycles. The Morgan fingerprint density at radius 3 is 2.42 bits per heavy atom. The lowest BCUT2D eigenvalue weighted by Crippen LogP contribution is -2.60. The van der Waals surface area contributed by atoms with Crippen molar-refractivity contribution in [1.29, 1.82) is 0 Å². The topological polar surface area (TPSA) is 73.8 Å². The second-order valence-electron chi connectivity index (χ2n) is 7.45. The van der Waals surface area contributed by atoms with Crippen LogP contribution in [0.2, 0.25) is 0 Å². The summed E-state index contributed by atoms with van der Waals surface area (Å²) < 4.78 is 24.6. The van der Waals surface area contributed by atoms with Gasteiger partial charge in [0, 0.05) is 52.0 Å². The Labute approximate surface area is 155 Å². The van der Waals surface area contributed by atoms with E-state index in [1.54, 1.807) is 19.0 Å². The molecule has 8 heteroatoms. The number of hydrogen-bond acceptors (Lipinski definition) is 6. The van der Waals surface area contributed by atoms with E-state index in [0.29, 0.717) is 13.1 Å². The molecule has 0 N–H and O–H groups in total. The normalized spacial score (nSPS) is 25.8. The predicted octanol–water partition coefficient (Wildman–Crippen LogP) is 0.0154. The standard InChI is InChI=1S/C18H28N4O3S/c1-4-14-5-6-15(19-9-14)10-21-7-8-22(11-18(23)20(2)3)17-13-26(24,25)12-16(17)21/h5-6,9,16-17H,4,7-8,10-13H2,1-3H3/t16-,17+/m1/s1. The fourth-order valence-corrected chi connectivity index (χ4v) is 5.81. The molecule has 0 bridgehead atoms. The van der Waals surface area contributed by atoms with Crippen LogP contribution in [0.4, 0.5) is 0 Å². The van der Waals surface area contributed by atoms with Crippen LogP contribution in [0.5, 0.6) is 0 Å². The first-order valence-corrected chi connectivity index (χ1v) is 10.9. The largest absolute Gasteiger partial charge is 0.348 e. The number of nitrogens with zero attached hydrogens (tertiary/aromatic N) is 4. The van der Waals surface area contributed by atoms with Crippen molar-refractivity contribution in [2.45, 2.75) is 32.0 Å². The number of rotatable bonds is 5. The lowest BCUT2D eigenvalue weighted by atomic mass is 10.0. The van der Waals surface area contributed by atoms with Crippen LogP contribution in [0.15, 0.2) is 18.3 Å². The van der Waals surface area contributed by atoms with Crippen molar-refractivity contribution in [1.82, 2.24) is 19.7 Å². The Morgan fingerprint density at radius 1 is 1.19 bits per heavy atom. The summed E-state index contributed by atoms with van der Waals surface area (Å²) in [4.78, 5) is 22.4. The smallest absolute Gasteiger partial charge is 0.236 e. The molecular formula is C18H28N4O3S. The monoisotopic (exact) mass is 380 g/mol. The molecule has 0 radical (unpaired) electrons. The van der Waals surface area contributed by atoms with Crippen molar-refractivity contribution >= 4 is 15.7 Å². The average molecular weight is 381 g/mol. The van der Waals surface area contributed by atoms with Gasteiger partial charge in [-0.3, -0.25) is 19.6 Å². The summed E-state index contributed by atoms with van der Waals surface area (Å²) in [5, 5.41) is 0. The van der Waals surface area contributed by atoms with Crippen LogP contribution >= 0.6 is 0 Å². The highest BCUT2D eigenvalue weighted by Gasteiger charge is 2.46. The van der Waals surface area contributed by atoms with Gasteiger partial charge in [-0.2, -0.15) is 0 Å². The van der Waals surface area contributed by atoms with Crippen molar-refractivity contribution in [3.8, 4) is 0 Å². The van der Waals surface area contributed by atoms with Gasteiger partial charge in [-0.1, -0.05) is 13.0 Å². The van der Waals surface area contributed by atoms with E-state index in [4.69, 9.17) is 0 Å². The van der Waals surface area contributed by atoms with E-state index in [0.717, 1.165) is 18.7 Å². The van der Waals surface area contributed by atoms with Crippen molar-refractivity contribution in [2.75, 3.05) is 45.2 Å². The molecule has 1 amide bonds. The molecule has 2 aliphatic heterocycles. The number of aromatic nitrogens is 1. The van der Waals surface area contributed by atoms with Crippen molar-refractivity contribution < 1.29 is 13.2 Å². The second kappa shape index (κ2) is 7.62. The minimum absolute atomic E-state index is 0.0123. The van der Waals surface area contributed by atoms with Crippen molar-refractivity contribution in [3.63, 3.8) is 0 Å². The van der Waals surface area contributed by atoms with Gasteiger partial charge in [-0.15, -0.1) is 0 Å². The summed E-state index contributed by atoms with van der Waals surface area (Å²) in [6, 6.07) is 3.92. The van der Waals surface area contributed by atoms with E-state index in [1.807, 2.05) is 17.2 Å². The van der Waals surface area contributed by atoms with Crippen molar-refractivity contribution in [3.05, 3.63) is 29.6 Å². The highest BCUT2D eigenvalue weighted by atomic mass is 32.2. The van der Waals surface area contributed by atoms with Gasteiger partial charge in [-0.25, -0.2) is 8.42 Å². The molecule has 26 heavy (non-hydrogen) atoms. The van der Waals surface area contributed by atoms with E-state index >= 15 is 0 Å². The lowest BCUT2D eigenvalue weighted by molar-refractivity contribution is -0.131. The summed E-state index contributed by atoms with van der Waals surface area (Å²) in [6.45, 7) is 4.47. The van der Waals surface area contributed by atoms with Gasteiger partial charge in [0.05, 0.1) is 23.7 Å². The number of amides is 1. The number of carbonyl (C=O) groups is 1. The van der Waals surface area contributed by atoms with Crippen LogP contribution in [0, 0.1) is 0 Å². The molecule has 2 atom stereocenters. The van der Waals surface area contributed by atoms with E-state index in [-0.39, 0.29) is 36.0 Å². The number of hydrogen-bond donors (Lipinski definition) is 0. The van der Waals surface area contributed by atoms with Crippen LogP contribution in [0.3, 0.4) is 0 Å². The summed E-state index contributed by atoms with van der Waals surface area (Å²) in [5.41, 5.74) is 2.16. The van der Waals surface area contributed by atoms with Crippen LogP contribution in [-0.4, -0.2) is 91.3 Å². The molecule has 0 unspecified atom stereocenters. The molecule has 0 saturated carbocycles. The molecule has 7 nitrogen and oxygen atoms in total. The SMILES string of the molecule is CCc1ccc(CN2CCN(CC(=O)N(C)C)[C@H]3CS(=O)(=O)C[C@H]32)nc1. The number of carbonyl (C=O) groups excluding carboxylic acids is 1. The minimum Gasteiger partial charge on any atom is -0.348 e. The van der Waals surface area contributed by atoms with Crippen LogP contribution in [0.1, 0.15) is 18.2 Å². The Morgan fingerprint density at radius 2 is 1.85 bits per heavy atom. The van der Waals surface area contributed by atoms with E-state index in [1.165, 1.54) is 5.56 Å². The number of fused-ring (bicyclic) bond motifs is 1. The average Bonchev–Trinajstić information content (AvgIpc) is 2.93. The third kappa shape index (κ3) is 4.24. The maximum Gasteiger partial charge on any atom is 0.236 e. The number of aryl methyl sites for hydroxylation is 1. The van der Waals surface area contributed by atoms with Crippen LogP contribution < -0.4 is 0 Å².